The fraction of sp³-hybridized carbons (Fsp3) is 0.682. The van der Waals surface area contributed by atoms with Crippen molar-refractivity contribution in [1.82, 2.24) is 14.5 Å². The van der Waals surface area contributed by atoms with Gasteiger partial charge in [0.1, 0.15) is 0 Å². The van der Waals surface area contributed by atoms with Gasteiger partial charge in [-0.05, 0) is 64.3 Å². The zero-order valence-corrected chi connectivity index (χ0v) is 18.4. The molecule has 0 spiro atoms. The number of halogens is 1. The number of ether oxygens (including phenoxy) is 1. The van der Waals surface area contributed by atoms with Gasteiger partial charge in [-0.15, -0.1) is 12.4 Å². The maximum absolute atomic E-state index is 5.37. The number of rotatable bonds is 5. The van der Waals surface area contributed by atoms with Gasteiger partial charge in [-0.25, -0.2) is 4.98 Å². The van der Waals surface area contributed by atoms with E-state index in [2.05, 4.69) is 34.3 Å². The number of hydrogen-bond donors (Lipinski definition) is 0. The molecule has 0 atom stereocenters. The Morgan fingerprint density at radius 1 is 1.07 bits per heavy atom. The molecule has 0 unspecified atom stereocenters. The topological polar surface area (TPSA) is 33.5 Å². The molecule has 4 rings (SSSR count). The van der Waals surface area contributed by atoms with Gasteiger partial charge in [0, 0.05) is 50.1 Å². The van der Waals surface area contributed by atoms with Gasteiger partial charge < -0.3 is 19.1 Å². The molecule has 4 heterocycles. The summed E-state index contributed by atoms with van der Waals surface area (Å²) in [5.74, 6) is 1.16. The largest absolute Gasteiger partial charge is 0.383 e. The molecule has 2 aromatic rings. The van der Waals surface area contributed by atoms with Crippen LogP contribution in [0.1, 0.15) is 43.4 Å². The monoisotopic (exact) mass is 406 g/mol. The van der Waals surface area contributed by atoms with Crippen molar-refractivity contribution in [3.63, 3.8) is 0 Å². The summed E-state index contributed by atoms with van der Waals surface area (Å²) in [6, 6.07) is 2.94. The molecule has 0 saturated carbocycles. The van der Waals surface area contributed by atoms with Gasteiger partial charge in [-0.1, -0.05) is 6.42 Å². The van der Waals surface area contributed by atoms with Crippen molar-refractivity contribution in [3.05, 3.63) is 23.5 Å². The lowest BCUT2D eigenvalue weighted by molar-refractivity contribution is 0.141. The lowest BCUT2D eigenvalue weighted by atomic mass is 10.00. The van der Waals surface area contributed by atoms with Gasteiger partial charge in [0.25, 0.3) is 0 Å². The number of likely N-dealkylation sites (tertiary alicyclic amines) is 1. The summed E-state index contributed by atoms with van der Waals surface area (Å²) in [6.45, 7) is 10.9. The molecule has 28 heavy (non-hydrogen) atoms. The molecule has 156 valence electrons. The highest BCUT2D eigenvalue weighted by molar-refractivity contribution is 5.93. The minimum atomic E-state index is 0. The number of hydrogen-bond acceptors (Lipinski definition) is 4. The van der Waals surface area contributed by atoms with E-state index in [1.54, 1.807) is 7.11 Å². The Morgan fingerprint density at radius 2 is 1.79 bits per heavy atom. The Bertz CT molecular complexity index is 776. The summed E-state index contributed by atoms with van der Waals surface area (Å²) in [7, 11) is 1.78. The minimum Gasteiger partial charge on any atom is -0.383 e. The Hall–Kier alpha value is -1.30. The lowest BCUT2D eigenvalue weighted by Crippen LogP contribution is -2.47. The Kier molecular flexibility index (Phi) is 7.24. The molecule has 0 bridgehead atoms. The van der Waals surface area contributed by atoms with Gasteiger partial charge in [0.05, 0.1) is 12.1 Å². The van der Waals surface area contributed by atoms with Crippen LogP contribution in [-0.2, 0) is 11.3 Å². The predicted octanol–water partition coefficient (Wildman–Crippen LogP) is 4.18. The maximum Gasteiger partial charge on any atom is 0.153 e. The molecule has 2 aromatic heterocycles. The van der Waals surface area contributed by atoms with Crippen molar-refractivity contribution in [1.29, 1.82) is 0 Å². The molecule has 0 N–H and O–H groups in total. The molecule has 0 aliphatic carbocycles. The number of nitrogens with zero attached hydrogens (tertiary/aromatic N) is 4. The number of piperidine rings is 2. The van der Waals surface area contributed by atoms with Gasteiger partial charge in [0.15, 0.2) is 5.82 Å². The van der Waals surface area contributed by atoms with Crippen LogP contribution in [0.25, 0.3) is 10.9 Å². The van der Waals surface area contributed by atoms with E-state index < -0.39 is 0 Å². The van der Waals surface area contributed by atoms with Gasteiger partial charge >= 0.3 is 0 Å². The number of methoxy groups -OCH3 is 1. The number of pyridine rings is 1. The first kappa shape index (κ1) is 21.4. The van der Waals surface area contributed by atoms with Crippen LogP contribution in [0.3, 0.4) is 0 Å². The zero-order valence-electron chi connectivity index (χ0n) is 17.6. The molecular formula is C22H35ClN4O. The number of aryl methyl sites for hydroxylation is 1. The first-order valence-corrected chi connectivity index (χ1v) is 10.6. The molecule has 5 nitrogen and oxygen atoms in total. The third kappa shape index (κ3) is 4.03. The van der Waals surface area contributed by atoms with E-state index in [9.17, 15) is 0 Å². The van der Waals surface area contributed by atoms with Crippen LogP contribution in [0, 0.1) is 13.8 Å². The fourth-order valence-corrected chi connectivity index (χ4v) is 5.00. The summed E-state index contributed by atoms with van der Waals surface area (Å²) >= 11 is 0. The van der Waals surface area contributed by atoms with Crippen LogP contribution in [0.5, 0.6) is 0 Å². The highest BCUT2D eigenvalue weighted by Gasteiger charge is 2.27. The molecule has 6 heteroatoms. The molecular weight excluding hydrogens is 372 g/mol. The van der Waals surface area contributed by atoms with Crippen LogP contribution < -0.4 is 4.90 Å². The first-order chi connectivity index (χ1) is 13.2. The van der Waals surface area contributed by atoms with Crippen LogP contribution in [-0.4, -0.2) is 60.4 Å². The minimum absolute atomic E-state index is 0. The molecule has 0 aromatic carbocycles. The van der Waals surface area contributed by atoms with Gasteiger partial charge in [-0.2, -0.15) is 0 Å². The second kappa shape index (κ2) is 9.47. The maximum atomic E-state index is 5.37. The van der Waals surface area contributed by atoms with E-state index in [0.29, 0.717) is 0 Å². The number of anilines is 1. The van der Waals surface area contributed by atoms with Crippen molar-refractivity contribution >= 4 is 29.1 Å². The first-order valence-electron chi connectivity index (χ1n) is 10.6. The third-order valence-corrected chi connectivity index (χ3v) is 6.72. The lowest BCUT2D eigenvalue weighted by Gasteiger charge is -2.40. The van der Waals surface area contributed by atoms with E-state index in [0.717, 1.165) is 38.1 Å². The average molecular weight is 407 g/mol. The molecule has 0 amide bonds. The van der Waals surface area contributed by atoms with Crippen molar-refractivity contribution in [2.24, 2.45) is 0 Å². The average Bonchev–Trinajstić information content (AvgIpc) is 2.97. The second-order valence-electron chi connectivity index (χ2n) is 8.20. The second-order valence-corrected chi connectivity index (χ2v) is 8.20. The molecule has 2 aliphatic heterocycles. The fourth-order valence-electron chi connectivity index (χ4n) is 5.00. The number of aromatic nitrogens is 2. The quantitative estimate of drug-likeness (QED) is 0.745. The smallest absolute Gasteiger partial charge is 0.153 e. The standard InChI is InChI=1S/C22H34N4O.ClH/c1-17-18(2)26(15-16-27-3)21-20(17)7-10-23-22(21)25-13-8-19(9-14-25)24-11-5-4-6-12-24;/h7,10,19H,4-6,8-9,11-16H2,1-3H3;1H. The number of fused-ring (bicyclic) bond motifs is 1. The summed E-state index contributed by atoms with van der Waals surface area (Å²) in [6.07, 6.45) is 8.68. The molecule has 0 radical (unpaired) electrons. The van der Waals surface area contributed by atoms with Crippen LogP contribution in [0.2, 0.25) is 0 Å². The van der Waals surface area contributed by atoms with Crippen molar-refractivity contribution in [2.75, 3.05) is 44.8 Å². The van der Waals surface area contributed by atoms with Crippen LogP contribution in [0.4, 0.5) is 5.82 Å². The van der Waals surface area contributed by atoms with E-state index in [-0.39, 0.29) is 12.4 Å². The third-order valence-electron chi connectivity index (χ3n) is 6.72. The SMILES string of the molecule is COCCn1c(C)c(C)c2ccnc(N3CCC(N4CCCCC4)CC3)c21.Cl. The Morgan fingerprint density at radius 3 is 2.46 bits per heavy atom. The van der Waals surface area contributed by atoms with Gasteiger partial charge in [0.2, 0.25) is 0 Å². The van der Waals surface area contributed by atoms with Crippen LogP contribution >= 0.6 is 12.4 Å². The van der Waals surface area contributed by atoms with Crippen LogP contribution in [0.15, 0.2) is 12.3 Å². The van der Waals surface area contributed by atoms with E-state index in [1.165, 1.54) is 67.4 Å². The van der Waals surface area contributed by atoms with Crippen molar-refractivity contribution in [2.45, 2.75) is 58.5 Å². The highest BCUT2D eigenvalue weighted by Crippen LogP contribution is 2.33. The van der Waals surface area contributed by atoms with E-state index in [1.807, 2.05) is 6.20 Å². The molecule has 2 saturated heterocycles. The van der Waals surface area contributed by atoms with Gasteiger partial charge in [-0.3, -0.25) is 0 Å². The molecule has 2 aliphatic rings. The Labute approximate surface area is 175 Å². The van der Waals surface area contributed by atoms with E-state index in [4.69, 9.17) is 9.72 Å². The summed E-state index contributed by atoms with van der Waals surface area (Å²) in [4.78, 5) is 10.1. The Balaban J connectivity index is 0.00000225. The summed E-state index contributed by atoms with van der Waals surface area (Å²) in [5, 5.41) is 1.34. The predicted molar refractivity (Wildman–Crippen MR) is 119 cm³/mol. The summed E-state index contributed by atoms with van der Waals surface area (Å²) in [5.41, 5.74) is 3.99. The zero-order chi connectivity index (χ0) is 18.8. The molecule has 2 fully saturated rings. The van der Waals surface area contributed by atoms with Crippen molar-refractivity contribution in [3.8, 4) is 0 Å². The summed E-state index contributed by atoms with van der Waals surface area (Å²) < 4.78 is 7.78. The highest BCUT2D eigenvalue weighted by atomic mass is 35.5. The van der Waals surface area contributed by atoms with E-state index >= 15 is 0 Å². The normalized spacial score (nSPS) is 19.2. The van der Waals surface area contributed by atoms with Crippen molar-refractivity contribution < 1.29 is 4.74 Å².